The molecule has 3 aliphatic rings. The maximum Gasteiger partial charge on any atom is 0.323 e. The van der Waals surface area contributed by atoms with Crippen LogP contribution in [0.15, 0.2) is 24.3 Å². The van der Waals surface area contributed by atoms with E-state index in [1.165, 1.54) is 25.0 Å². The number of anilines is 1. The molecule has 6 nitrogen and oxygen atoms in total. The number of aromatic nitrogens is 2. The smallest absolute Gasteiger partial charge is 0.320 e. The Balaban J connectivity index is 1.35. The molecule has 1 aromatic heterocycles. The maximum atomic E-state index is 13.3. The van der Waals surface area contributed by atoms with Crippen molar-refractivity contribution in [1.82, 2.24) is 19.6 Å². The van der Waals surface area contributed by atoms with Gasteiger partial charge in [0.15, 0.2) is 5.82 Å². The summed E-state index contributed by atoms with van der Waals surface area (Å²) in [5.74, 6) is 0.394. The minimum absolute atomic E-state index is 0.0577. The average Bonchev–Trinajstić information content (AvgIpc) is 3.47. The average molecular weight is 397 g/mol. The molecule has 1 N–H and O–H groups in total. The number of benzene rings is 1. The second kappa shape index (κ2) is 7.44. The number of likely N-dealkylation sites (tertiary alicyclic amines) is 2. The van der Waals surface area contributed by atoms with Crippen LogP contribution in [-0.4, -0.2) is 57.3 Å². The highest BCUT2D eigenvalue weighted by molar-refractivity contribution is 5.90. The highest BCUT2D eigenvalue weighted by atomic mass is 19.1. The first-order valence-electron chi connectivity index (χ1n) is 10.8. The lowest BCUT2D eigenvalue weighted by Gasteiger charge is -2.30. The molecule has 29 heavy (non-hydrogen) atoms. The molecule has 1 aliphatic carbocycles. The second-order valence-corrected chi connectivity index (χ2v) is 8.48. The van der Waals surface area contributed by atoms with Gasteiger partial charge in [-0.15, -0.1) is 5.10 Å². The molecule has 3 heterocycles. The fraction of sp³-hybridized carbons (Fsp3) is 0.545. The molecule has 0 bridgehead atoms. The number of hydrogen-bond donors (Lipinski definition) is 1. The Labute approximate surface area is 170 Å². The number of halogens is 1. The van der Waals surface area contributed by atoms with Gasteiger partial charge in [-0.05, 0) is 82.8 Å². The SMILES string of the molecule is CC1C(N2CCCC2)CCN1C(=O)Nc1nn(-c2ccc(F)cc2)c2c1CCC2. The van der Waals surface area contributed by atoms with Crippen molar-refractivity contribution in [3.8, 4) is 5.69 Å². The Morgan fingerprint density at radius 2 is 1.86 bits per heavy atom. The molecule has 2 atom stereocenters. The third kappa shape index (κ3) is 3.31. The van der Waals surface area contributed by atoms with Gasteiger partial charge in [-0.25, -0.2) is 13.9 Å². The van der Waals surface area contributed by atoms with Gasteiger partial charge in [0, 0.05) is 29.9 Å². The van der Waals surface area contributed by atoms with E-state index in [0.29, 0.717) is 11.9 Å². The molecule has 0 radical (unpaired) electrons. The molecule has 1 aromatic carbocycles. The van der Waals surface area contributed by atoms with Crippen molar-refractivity contribution in [3.05, 3.63) is 41.3 Å². The maximum absolute atomic E-state index is 13.3. The molecule has 2 aliphatic heterocycles. The van der Waals surface area contributed by atoms with E-state index in [9.17, 15) is 9.18 Å². The van der Waals surface area contributed by atoms with Crippen molar-refractivity contribution in [2.75, 3.05) is 25.0 Å². The topological polar surface area (TPSA) is 53.4 Å². The van der Waals surface area contributed by atoms with Gasteiger partial charge in [0.2, 0.25) is 0 Å². The lowest BCUT2D eigenvalue weighted by Crippen LogP contribution is -2.45. The number of rotatable bonds is 3. The van der Waals surface area contributed by atoms with Crippen LogP contribution in [-0.2, 0) is 12.8 Å². The summed E-state index contributed by atoms with van der Waals surface area (Å²) >= 11 is 0. The van der Waals surface area contributed by atoms with Gasteiger partial charge < -0.3 is 4.90 Å². The minimum Gasteiger partial charge on any atom is -0.320 e. The van der Waals surface area contributed by atoms with Crippen LogP contribution in [0.5, 0.6) is 0 Å². The lowest BCUT2D eigenvalue weighted by atomic mass is 10.1. The standard InChI is InChI=1S/C22H28FN5O/c1-15-19(26-12-2-3-13-26)11-14-27(15)22(29)24-21-18-5-4-6-20(18)28(25-21)17-9-7-16(23)8-10-17/h7-10,15,19H,2-6,11-14H2,1H3,(H,24,25,29). The molecule has 5 rings (SSSR count). The molecule has 2 fully saturated rings. The number of nitrogens with zero attached hydrogens (tertiary/aromatic N) is 4. The van der Waals surface area contributed by atoms with Gasteiger partial charge in [-0.2, -0.15) is 0 Å². The highest BCUT2D eigenvalue weighted by Gasteiger charge is 2.38. The summed E-state index contributed by atoms with van der Waals surface area (Å²) in [6.45, 7) is 5.26. The van der Waals surface area contributed by atoms with Crippen LogP contribution in [0.1, 0.15) is 43.9 Å². The van der Waals surface area contributed by atoms with Crippen molar-refractivity contribution in [3.63, 3.8) is 0 Å². The summed E-state index contributed by atoms with van der Waals surface area (Å²) in [5, 5.41) is 7.78. The highest BCUT2D eigenvalue weighted by Crippen LogP contribution is 2.32. The van der Waals surface area contributed by atoms with Crippen molar-refractivity contribution >= 4 is 11.8 Å². The largest absolute Gasteiger partial charge is 0.323 e. The molecule has 2 amide bonds. The van der Waals surface area contributed by atoms with E-state index in [1.807, 2.05) is 9.58 Å². The number of fused-ring (bicyclic) bond motifs is 1. The summed E-state index contributed by atoms with van der Waals surface area (Å²) < 4.78 is 15.2. The summed E-state index contributed by atoms with van der Waals surface area (Å²) in [6.07, 6.45) is 6.46. The third-order valence-corrected chi connectivity index (χ3v) is 6.81. The van der Waals surface area contributed by atoms with Gasteiger partial charge in [0.05, 0.1) is 5.69 Å². The Morgan fingerprint density at radius 1 is 1.10 bits per heavy atom. The van der Waals surface area contributed by atoms with E-state index in [-0.39, 0.29) is 17.9 Å². The van der Waals surface area contributed by atoms with Gasteiger partial charge in [-0.3, -0.25) is 10.2 Å². The van der Waals surface area contributed by atoms with E-state index >= 15 is 0 Å². The quantitative estimate of drug-likeness (QED) is 0.861. The molecule has 2 saturated heterocycles. The Hall–Kier alpha value is -2.41. The van der Waals surface area contributed by atoms with Crippen LogP contribution >= 0.6 is 0 Å². The summed E-state index contributed by atoms with van der Waals surface area (Å²) in [6, 6.07) is 6.97. The number of nitrogens with one attached hydrogen (secondary N) is 1. The van der Waals surface area contributed by atoms with Crippen molar-refractivity contribution in [2.24, 2.45) is 0 Å². The van der Waals surface area contributed by atoms with Crippen molar-refractivity contribution in [1.29, 1.82) is 0 Å². The first-order chi connectivity index (χ1) is 14.1. The fourth-order valence-corrected chi connectivity index (χ4v) is 5.28. The van der Waals surface area contributed by atoms with Crippen molar-refractivity contribution < 1.29 is 9.18 Å². The van der Waals surface area contributed by atoms with Crippen LogP contribution in [0, 0.1) is 5.82 Å². The zero-order chi connectivity index (χ0) is 20.0. The molecule has 154 valence electrons. The number of hydrogen-bond acceptors (Lipinski definition) is 3. The van der Waals surface area contributed by atoms with Gasteiger partial charge in [0.25, 0.3) is 0 Å². The van der Waals surface area contributed by atoms with E-state index in [2.05, 4.69) is 22.2 Å². The minimum atomic E-state index is -0.262. The van der Waals surface area contributed by atoms with Crippen LogP contribution in [0.4, 0.5) is 15.0 Å². The molecule has 0 spiro atoms. The van der Waals surface area contributed by atoms with Crippen molar-refractivity contribution in [2.45, 2.75) is 57.5 Å². The molecular weight excluding hydrogens is 369 g/mol. The van der Waals surface area contributed by atoms with E-state index in [1.54, 1.807) is 12.1 Å². The van der Waals surface area contributed by atoms with E-state index in [4.69, 9.17) is 0 Å². The number of carbonyl (C=O) groups excluding carboxylic acids is 1. The zero-order valence-corrected chi connectivity index (χ0v) is 16.9. The molecule has 2 unspecified atom stereocenters. The summed E-state index contributed by atoms with van der Waals surface area (Å²) in [7, 11) is 0. The van der Waals surface area contributed by atoms with Crippen LogP contribution in [0.25, 0.3) is 5.69 Å². The van der Waals surface area contributed by atoms with Gasteiger partial charge in [0.1, 0.15) is 5.82 Å². The van der Waals surface area contributed by atoms with Crippen LogP contribution in [0.3, 0.4) is 0 Å². The first kappa shape index (κ1) is 18.6. The predicted octanol–water partition coefficient (Wildman–Crippen LogP) is 3.59. The monoisotopic (exact) mass is 397 g/mol. The fourth-order valence-electron chi connectivity index (χ4n) is 5.28. The number of carbonyl (C=O) groups is 1. The normalized spacial score (nSPS) is 24.3. The Kier molecular flexibility index (Phi) is 4.78. The summed E-state index contributed by atoms with van der Waals surface area (Å²) in [5.41, 5.74) is 3.07. The van der Waals surface area contributed by atoms with Gasteiger partial charge >= 0.3 is 6.03 Å². The van der Waals surface area contributed by atoms with E-state index < -0.39 is 0 Å². The van der Waals surface area contributed by atoms with E-state index in [0.717, 1.165) is 62.3 Å². The Morgan fingerprint density at radius 3 is 2.62 bits per heavy atom. The first-order valence-corrected chi connectivity index (χ1v) is 10.8. The Bertz CT molecular complexity index is 903. The molecule has 7 heteroatoms. The molecule has 0 saturated carbocycles. The second-order valence-electron chi connectivity index (χ2n) is 8.48. The van der Waals surface area contributed by atoms with Crippen LogP contribution in [0.2, 0.25) is 0 Å². The lowest BCUT2D eigenvalue weighted by molar-refractivity contribution is 0.177. The van der Waals surface area contributed by atoms with Gasteiger partial charge in [-0.1, -0.05) is 0 Å². The number of amides is 2. The predicted molar refractivity (Wildman–Crippen MR) is 110 cm³/mol. The zero-order valence-electron chi connectivity index (χ0n) is 16.9. The summed E-state index contributed by atoms with van der Waals surface area (Å²) in [4.78, 5) is 17.6. The third-order valence-electron chi connectivity index (χ3n) is 6.81. The number of urea groups is 1. The molecular formula is C22H28FN5O. The molecule has 2 aromatic rings. The van der Waals surface area contributed by atoms with Crippen LogP contribution < -0.4 is 5.32 Å².